The van der Waals surface area contributed by atoms with Crippen LogP contribution in [0.5, 0.6) is 0 Å². The van der Waals surface area contributed by atoms with Gasteiger partial charge >= 0.3 is 0 Å². The second kappa shape index (κ2) is 8.47. The van der Waals surface area contributed by atoms with E-state index in [1.807, 2.05) is 25.1 Å². The third-order valence-corrected chi connectivity index (χ3v) is 5.89. The molecule has 3 nitrogen and oxygen atoms in total. The van der Waals surface area contributed by atoms with Crippen molar-refractivity contribution in [2.75, 3.05) is 16.2 Å². The van der Waals surface area contributed by atoms with Gasteiger partial charge in [0.25, 0.3) is 0 Å². The van der Waals surface area contributed by atoms with Gasteiger partial charge in [-0.05, 0) is 73.5 Å². The van der Waals surface area contributed by atoms with Crippen molar-refractivity contribution in [3.8, 4) is 0 Å². The molecule has 7 heteroatoms. The molecule has 2 aromatic carbocycles. The van der Waals surface area contributed by atoms with Gasteiger partial charge in [-0.25, -0.2) is 13.2 Å². The Labute approximate surface area is 167 Å². The second-order valence-corrected chi connectivity index (χ2v) is 7.73. The van der Waals surface area contributed by atoms with Gasteiger partial charge in [-0.2, -0.15) is 0 Å². The molecule has 0 atom stereocenters. The number of amides is 1. The maximum absolute atomic E-state index is 14.3. The molecule has 0 bridgehead atoms. The summed E-state index contributed by atoms with van der Waals surface area (Å²) in [7, 11) is 0. The van der Waals surface area contributed by atoms with Crippen LogP contribution in [-0.4, -0.2) is 12.5 Å². The van der Waals surface area contributed by atoms with Crippen LogP contribution in [0, 0.1) is 31.3 Å². The number of anilines is 2. The molecular formula is C21H23F3N2OS. The molecule has 0 fully saturated rings. The number of hydrogen-bond donors (Lipinski definition) is 1. The average Bonchev–Trinajstić information content (AvgIpc) is 2.69. The van der Waals surface area contributed by atoms with Crippen LogP contribution in [-0.2, 0) is 17.0 Å². The highest BCUT2D eigenvalue weighted by Gasteiger charge is 2.24. The summed E-state index contributed by atoms with van der Waals surface area (Å²) in [5.41, 5.74) is 2.62. The fourth-order valence-corrected chi connectivity index (χ4v) is 4.12. The van der Waals surface area contributed by atoms with Crippen molar-refractivity contribution >= 4 is 29.2 Å². The SMILES string of the molecule is CCCN1C(=O)CCc2cc(NSCc3c(F)c(C)c(C)c(F)c3F)ccc21. The predicted octanol–water partition coefficient (Wildman–Crippen LogP) is 5.67. The first-order valence-corrected chi connectivity index (χ1v) is 10.3. The minimum atomic E-state index is -1.13. The molecule has 1 amide bonds. The Hall–Kier alpha value is -2.15. The number of aryl methyl sites for hydroxylation is 1. The highest BCUT2D eigenvalue weighted by molar-refractivity contribution is 7.99. The molecular weight excluding hydrogens is 385 g/mol. The molecule has 1 aliphatic heterocycles. The third kappa shape index (κ3) is 3.85. The van der Waals surface area contributed by atoms with Crippen LogP contribution in [0.25, 0.3) is 0 Å². The maximum atomic E-state index is 14.3. The first-order chi connectivity index (χ1) is 13.3. The van der Waals surface area contributed by atoms with Crippen LogP contribution in [0.1, 0.15) is 42.0 Å². The van der Waals surface area contributed by atoms with E-state index in [9.17, 15) is 18.0 Å². The molecule has 0 unspecified atom stereocenters. The Bertz CT molecular complexity index is 888. The first-order valence-electron chi connectivity index (χ1n) is 9.28. The number of fused-ring (bicyclic) bond motifs is 1. The largest absolute Gasteiger partial charge is 0.329 e. The van der Waals surface area contributed by atoms with E-state index in [4.69, 9.17) is 0 Å². The molecule has 2 aromatic rings. The van der Waals surface area contributed by atoms with Crippen molar-refractivity contribution in [1.82, 2.24) is 0 Å². The lowest BCUT2D eigenvalue weighted by molar-refractivity contribution is -0.118. The Morgan fingerprint density at radius 3 is 2.50 bits per heavy atom. The lowest BCUT2D eigenvalue weighted by Crippen LogP contribution is -2.35. The van der Waals surface area contributed by atoms with Crippen molar-refractivity contribution in [2.24, 2.45) is 0 Å². The van der Waals surface area contributed by atoms with Crippen molar-refractivity contribution < 1.29 is 18.0 Å². The Morgan fingerprint density at radius 1 is 1.07 bits per heavy atom. The zero-order valence-electron chi connectivity index (χ0n) is 16.2. The molecule has 0 saturated carbocycles. The molecule has 0 saturated heterocycles. The van der Waals surface area contributed by atoms with E-state index in [2.05, 4.69) is 4.72 Å². The van der Waals surface area contributed by atoms with Crippen LogP contribution in [0.4, 0.5) is 24.5 Å². The minimum Gasteiger partial charge on any atom is -0.329 e. The van der Waals surface area contributed by atoms with E-state index in [1.165, 1.54) is 13.8 Å². The van der Waals surface area contributed by atoms with Gasteiger partial charge < -0.3 is 9.62 Å². The summed E-state index contributed by atoms with van der Waals surface area (Å²) < 4.78 is 45.4. The maximum Gasteiger partial charge on any atom is 0.227 e. The summed E-state index contributed by atoms with van der Waals surface area (Å²) in [4.78, 5) is 13.9. The van der Waals surface area contributed by atoms with Gasteiger partial charge in [0, 0.05) is 35.7 Å². The van der Waals surface area contributed by atoms with Crippen LogP contribution in [0.15, 0.2) is 18.2 Å². The van der Waals surface area contributed by atoms with Crippen LogP contribution in [0.3, 0.4) is 0 Å². The van der Waals surface area contributed by atoms with E-state index in [0.29, 0.717) is 19.4 Å². The van der Waals surface area contributed by atoms with Gasteiger partial charge in [0.1, 0.15) is 5.82 Å². The standard InChI is InChI=1S/C21H23F3N2OS/c1-4-9-26-17-7-6-15(10-14(17)5-8-18(26)27)25-28-11-16-19(22)12(2)13(3)20(23)21(16)24/h6-7,10,25H,4-5,8-9,11H2,1-3H3. The molecule has 150 valence electrons. The molecule has 0 aliphatic carbocycles. The zero-order valence-corrected chi connectivity index (χ0v) is 17.0. The monoisotopic (exact) mass is 408 g/mol. The van der Waals surface area contributed by atoms with Gasteiger partial charge in [0.2, 0.25) is 5.91 Å². The summed E-state index contributed by atoms with van der Waals surface area (Å²) in [5.74, 6) is -2.75. The molecule has 1 N–H and O–H groups in total. The summed E-state index contributed by atoms with van der Waals surface area (Å²) in [5, 5.41) is 0. The lowest BCUT2D eigenvalue weighted by atomic mass is 10.0. The van der Waals surface area contributed by atoms with Crippen molar-refractivity contribution in [1.29, 1.82) is 0 Å². The van der Waals surface area contributed by atoms with Crippen molar-refractivity contribution in [3.63, 3.8) is 0 Å². The number of carbonyl (C=O) groups excluding carboxylic acids is 1. The number of carbonyl (C=O) groups is 1. The predicted molar refractivity (Wildman–Crippen MR) is 108 cm³/mol. The van der Waals surface area contributed by atoms with E-state index in [1.54, 1.807) is 4.90 Å². The number of benzene rings is 2. The van der Waals surface area contributed by atoms with E-state index in [0.717, 1.165) is 35.3 Å². The fraction of sp³-hybridized carbons (Fsp3) is 0.381. The van der Waals surface area contributed by atoms with Gasteiger partial charge in [0.05, 0.1) is 0 Å². The first kappa shape index (κ1) is 20.6. The molecule has 1 aliphatic rings. The number of nitrogens with zero attached hydrogens (tertiary/aromatic N) is 1. The topological polar surface area (TPSA) is 32.3 Å². The Balaban J connectivity index is 1.73. The smallest absolute Gasteiger partial charge is 0.227 e. The van der Waals surface area contributed by atoms with Gasteiger partial charge in [0.15, 0.2) is 11.6 Å². The number of rotatable bonds is 6. The zero-order chi connectivity index (χ0) is 20.4. The molecule has 0 spiro atoms. The van der Waals surface area contributed by atoms with Gasteiger partial charge in [-0.3, -0.25) is 4.79 Å². The third-order valence-electron chi connectivity index (χ3n) is 5.08. The van der Waals surface area contributed by atoms with Gasteiger partial charge in [-0.15, -0.1) is 0 Å². The van der Waals surface area contributed by atoms with E-state index >= 15 is 0 Å². The second-order valence-electron chi connectivity index (χ2n) is 6.95. The lowest BCUT2D eigenvalue weighted by Gasteiger charge is -2.29. The highest BCUT2D eigenvalue weighted by Crippen LogP contribution is 2.32. The van der Waals surface area contributed by atoms with E-state index < -0.39 is 17.5 Å². The Morgan fingerprint density at radius 2 is 1.79 bits per heavy atom. The minimum absolute atomic E-state index is 0.00224. The molecule has 3 rings (SSSR count). The molecule has 1 heterocycles. The number of nitrogens with one attached hydrogen (secondary N) is 1. The normalized spacial score (nSPS) is 13.6. The molecule has 0 radical (unpaired) electrons. The average molecular weight is 408 g/mol. The van der Waals surface area contributed by atoms with E-state index in [-0.39, 0.29) is 28.4 Å². The summed E-state index contributed by atoms with van der Waals surface area (Å²) in [6.07, 6.45) is 2.02. The summed E-state index contributed by atoms with van der Waals surface area (Å²) in [6, 6.07) is 5.67. The van der Waals surface area contributed by atoms with Crippen LogP contribution in [0.2, 0.25) is 0 Å². The van der Waals surface area contributed by atoms with Crippen molar-refractivity contribution in [3.05, 3.63) is 57.9 Å². The van der Waals surface area contributed by atoms with Crippen LogP contribution >= 0.6 is 11.9 Å². The number of halogens is 3. The number of hydrogen-bond acceptors (Lipinski definition) is 3. The van der Waals surface area contributed by atoms with Gasteiger partial charge in [-0.1, -0.05) is 6.92 Å². The molecule has 28 heavy (non-hydrogen) atoms. The molecule has 0 aromatic heterocycles. The quantitative estimate of drug-likeness (QED) is 0.494. The summed E-state index contributed by atoms with van der Waals surface area (Å²) >= 11 is 1.10. The highest BCUT2D eigenvalue weighted by atomic mass is 32.2. The van der Waals surface area contributed by atoms with Crippen molar-refractivity contribution in [2.45, 2.75) is 45.8 Å². The summed E-state index contributed by atoms with van der Waals surface area (Å²) in [6.45, 7) is 5.53. The fourth-order valence-electron chi connectivity index (χ4n) is 3.36. The van der Waals surface area contributed by atoms with Crippen LogP contribution < -0.4 is 9.62 Å². The Kier molecular flexibility index (Phi) is 6.23.